The molecule has 0 aromatic carbocycles. The second-order valence-electron chi connectivity index (χ2n) is 5.78. The van der Waals surface area contributed by atoms with E-state index in [2.05, 4.69) is 14.9 Å². The van der Waals surface area contributed by atoms with Gasteiger partial charge < -0.3 is 9.64 Å². The molecule has 2 rings (SSSR count). The van der Waals surface area contributed by atoms with E-state index in [1.165, 1.54) is 0 Å². The number of piperazine rings is 1. The number of rotatable bonds is 6. The largest absolute Gasteiger partial charge is 0.474 e. The summed E-state index contributed by atoms with van der Waals surface area (Å²) in [5, 5.41) is 0. The number of hydrogen-bond acceptors (Lipinski definition) is 5. The monoisotopic (exact) mass is 314 g/mol. The van der Waals surface area contributed by atoms with Crippen LogP contribution in [0.25, 0.3) is 0 Å². The van der Waals surface area contributed by atoms with Crippen molar-refractivity contribution in [2.75, 3.05) is 31.1 Å². The Hall–Kier alpha value is -1.50. The van der Waals surface area contributed by atoms with E-state index in [1.54, 1.807) is 12.4 Å². The summed E-state index contributed by atoms with van der Waals surface area (Å²) in [6, 6.07) is 0.110. The van der Waals surface area contributed by atoms with Crippen LogP contribution in [0, 0.1) is 0 Å². The predicted octanol–water partition coefficient (Wildman–Crippen LogP) is 2.43. The fraction of sp³-hybridized carbons (Fsp3) is 0.733. The van der Waals surface area contributed by atoms with Gasteiger partial charge in [0.25, 0.3) is 6.43 Å². The van der Waals surface area contributed by atoms with Crippen LogP contribution < -0.4 is 9.64 Å². The SMILES string of the molecule is CCC1CN(c2cncc(OC(C)C)n2)CCN1CC(F)F. The van der Waals surface area contributed by atoms with Crippen molar-refractivity contribution in [3.63, 3.8) is 0 Å². The van der Waals surface area contributed by atoms with Crippen LogP contribution in [0.4, 0.5) is 14.6 Å². The minimum absolute atomic E-state index is 0.0378. The molecule has 1 aromatic heterocycles. The van der Waals surface area contributed by atoms with Crippen LogP contribution >= 0.6 is 0 Å². The highest BCUT2D eigenvalue weighted by Gasteiger charge is 2.28. The van der Waals surface area contributed by atoms with Gasteiger partial charge in [-0.3, -0.25) is 9.88 Å². The summed E-state index contributed by atoms with van der Waals surface area (Å²) in [4.78, 5) is 12.6. The first kappa shape index (κ1) is 16.9. The van der Waals surface area contributed by atoms with Crippen molar-refractivity contribution in [3.05, 3.63) is 12.4 Å². The number of anilines is 1. The average molecular weight is 314 g/mol. The number of aromatic nitrogens is 2. The molecule has 5 nitrogen and oxygen atoms in total. The summed E-state index contributed by atoms with van der Waals surface area (Å²) in [5.74, 6) is 1.24. The van der Waals surface area contributed by atoms with Crippen LogP contribution in [0.1, 0.15) is 27.2 Å². The maximum absolute atomic E-state index is 12.6. The van der Waals surface area contributed by atoms with Crippen molar-refractivity contribution in [2.24, 2.45) is 0 Å². The molecular formula is C15H24F2N4O. The lowest BCUT2D eigenvalue weighted by atomic mass is 10.1. The number of halogens is 2. The Balaban J connectivity index is 2.04. The van der Waals surface area contributed by atoms with Crippen molar-refractivity contribution in [1.29, 1.82) is 0 Å². The van der Waals surface area contributed by atoms with Crippen LogP contribution in [-0.2, 0) is 0 Å². The minimum atomic E-state index is -2.29. The highest BCUT2D eigenvalue weighted by atomic mass is 19.3. The maximum Gasteiger partial charge on any atom is 0.251 e. The van der Waals surface area contributed by atoms with Gasteiger partial charge in [0.15, 0.2) is 5.82 Å². The fourth-order valence-electron chi connectivity index (χ4n) is 2.69. The highest BCUT2D eigenvalue weighted by Crippen LogP contribution is 2.21. The second-order valence-corrected chi connectivity index (χ2v) is 5.78. The molecule has 7 heteroatoms. The van der Waals surface area contributed by atoms with E-state index < -0.39 is 6.43 Å². The third kappa shape index (κ3) is 4.50. The number of ether oxygens (including phenoxy) is 1. The summed E-state index contributed by atoms with van der Waals surface area (Å²) in [5.41, 5.74) is 0. The molecule has 0 saturated carbocycles. The summed E-state index contributed by atoms with van der Waals surface area (Å²) in [6.45, 7) is 7.70. The predicted molar refractivity (Wildman–Crippen MR) is 81.7 cm³/mol. The Morgan fingerprint density at radius 2 is 2.09 bits per heavy atom. The Bertz CT molecular complexity index is 473. The normalized spacial score (nSPS) is 20.0. The van der Waals surface area contributed by atoms with Crippen molar-refractivity contribution < 1.29 is 13.5 Å². The maximum atomic E-state index is 12.6. The molecule has 0 N–H and O–H groups in total. The zero-order chi connectivity index (χ0) is 16.1. The van der Waals surface area contributed by atoms with Gasteiger partial charge in [-0.1, -0.05) is 6.92 Å². The Labute approximate surface area is 130 Å². The van der Waals surface area contributed by atoms with E-state index in [9.17, 15) is 8.78 Å². The summed E-state index contributed by atoms with van der Waals surface area (Å²) in [7, 11) is 0. The molecule has 22 heavy (non-hydrogen) atoms. The average Bonchev–Trinajstić information content (AvgIpc) is 2.46. The van der Waals surface area contributed by atoms with Gasteiger partial charge in [0.1, 0.15) is 0 Å². The molecule has 1 saturated heterocycles. The van der Waals surface area contributed by atoms with E-state index in [-0.39, 0.29) is 18.7 Å². The zero-order valence-electron chi connectivity index (χ0n) is 13.4. The van der Waals surface area contributed by atoms with Gasteiger partial charge in [-0.15, -0.1) is 0 Å². The minimum Gasteiger partial charge on any atom is -0.474 e. The molecule has 0 spiro atoms. The van der Waals surface area contributed by atoms with E-state index in [1.807, 2.05) is 25.7 Å². The molecule has 0 bridgehead atoms. The van der Waals surface area contributed by atoms with Crippen LogP contribution in [0.3, 0.4) is 0 Å². The summed E-state index contributed by atoms with van der Waals surface area (Å²) < 4.78 is 30.8. The first-order chi connectivity index (χ1) is 10.5. The molecule has 0 radical (unpaired) electrons. The van der Waals surface area contributed by atoms with Gasteiger partial charge in [0, 0.05) is 25.7 Å². The van der Waals surface area contributed by atoms with E-state index >= 15 is 0 Å². The van der Waals surface area contributed by atoms with Crippen molar-refractivity contribution in [2.45, 2.75) is 45.8 Å². The lowest BCUT2D eigenvalue weighted by Gasteiger charge is -2.41. The lowest BCUT2D eigenvalue weighted by Crippen LogP contribution is -2.54. The first-order valence-electron chi connectivity index (χ1n) is 7.75. The molecule has 1 atom stereocenters. The third-order valence-corrected chi connectivity index (χ3v) is 3.73. The van der Waals surface area contributed by atoms with Crippen LogP contribution in [0.2, 0.25) is 0 Å². The summed E-state index contributed by atoms with van der Waals surface area (Å²) in [6.07, 6.45) is 1.87. The lowest BCUT2D eigenvalue weighted by molar-refractivity contribution is 0.0586. The van der Waals surface area contributed by atoms with Gasteiger partial charge in [0.05, 0.1) is 25.0 Å². The Morgan fingerprint density at radius 1 is 1.32 bits per heavy atom. The van der Waals surface area contributed by atoms with Crippen molar-refractivity contribution in [3.8, 4) is 5.88 Å². The van der Waals surface area contributed by atoms with Gasteiger partial charge in [0.2, 0.25) is 5.88 Å². The molecule has 2 heterocycles. The molecule has 1 aliphatic rings. The Morgan fingerprint density at radius 3 is 2.73 bits per heavy atom. The topological polar surface area (TPSA) is 41.5 Å². The number of alkyl halides is 2. The molecule has 0 amide bonds. The van der Waals surface area contributed by atoms with Crippen LogP contribution in [0.15, 0.2) is 12.4 Å². The zero-order valence-corrected chi connectivity index (χ0v) is 13.4. The molecule has 1 aromatic rings. The van der Waals surface area contributed by atoms with E-state index in [0.717, 1.165) is 12.2 Å². The fourth-order valence-corrected chi connectivity index (χ4v) is 2.69. The van der Waals surface area contributed by atoms with Crippen molar-refractivity contribution in [1.82, 2.24) is 14.9 Å². The van der Waals surface area contributed by atoms with Gasteiger partial charge >= 0.3 is 0 Å². The Kier molecular flexibility index (Phi) is 5.88. The van der Waals surface area contributed by atoms with Crippen LogP contribution in [-0.4, -0.2) is 59.6 Å². The second kappa shape index (κ2) is 7.67. The summed E-state index contributed by atoms with van der Waals surface area (Å²) >= 11 is 0. The molecule has 1 unspecified atom stereocenters. The van der Waals surface area contributed by atoms with Gasteiger partial charge in [-0.05, 0) is 20.3 Å². The van der Waals surface area contributed by atoms with Crippen LogP contribution in [0.5, 0.6) is 5.88 Å². The molecule has 0 aliphatic carbocycles. The van der Waals surface area contributed by atoms with E-state index in [0.29, 0.717) is 25.5 Å². The molecule has 1 fully saturated rings. The number of nitrogens with zero attached hydrogens (tertiary/aromatic N) is 4. The molecular weight excluding hydrogens is 290 g/mol. The quantitative estimate of drug-likeness (QED) is 0.807. The highest BCUT2D eigenvalue weighted by molar-refractivity contribution is 5.38. The van der Waals surface area contributed by atoms with E-state index in [4.69, 9.17) is 4.74 Å². The number of hydrogen-bond donors (Lipinski definition) is 0. The molecule has 1 aliphatic heterocycles. The van der Waals surface area contributed by atoms with Gasteiger partial charge in [-0.2, -0.15) is 4.98 Å². The standard InChI is InChI=1S/C15H24F2N4O/c1-4-12-9-21(6-5-20(12)10-13(16)17)14-7-18-8-15(19-14)22-11(2)3/h7-8,11-13H,4-6,9-10H2,1-3H3. The third-order valence-electron chi connectivity index (χ3n) is 3.73. The van der Waals surface area contributed by atoms with Crippen molar-refractivity contribution >= 4 is 5.82 Å². The molecule has 124 valence electrons. The first-order valence-corrected chi connectivity index (χ1v) is 7.75. The van der Waals surface area contributed by atoms with Gasteiger partial charge in [-0.25, -0.2) is 8.78 Å². The smallest absolute Gasteiger partial charge is 0.251 e.